The number of hydrogen-bond acceptors (Lipinski definition) is 1. The van der Waals surface area contributed by atoms with Crippen LogP contribution in [0.15, 0.2) is 53.0 Å². The highest BCUT2D eigenvalue weighted by Crippen LogP contribution is 2.37. The van der Waals surface area contributed by atoms with Crippen LogP contribution in [0.1, 0.15) is 12.5 Å². The summed E-state index contributed by atoms with van der Waals surface area (Å²) in [5.74, 6) is 1.02. The van der Waals surface area contributed by atoms with Gasteiger partial charge in [-0.05, 0) is 18.6 Å². The standard InChI is InChI=1S/C14H14Br2S/c1-14(16)9-5-4-8-13(14)17-10-11-6-2-3-7-12(11)15/h2-9,13H,10H2,1H3. The number of rotatable bonds is 3. The van der Waals surface area contributed by atoms with Crippen LogP contribution in [-0.2, 0) is 5.75 Å². The van der Waals surface area contributed by atoms with Gasteiger partial charge in [-0.25, -0.2) is 0 Å². The summed E-state index contributed by atoms with van der Waals surface area (Å²) in [6.45, 7) is 2.21. The lowest BCUT2D eigenvalue weighted by atomic mass is 10.0. The molecule has 1 aliphatic carbocycles. The molecule has 0 aliphatic heterocycles. The molecular weight excluding hydrogens is 360 g/mol. The van der Waals surface area contributed by atoms with Gasteiger partial charge in [0.25, 0.3) is 0 Å². The molecule has 0 saturated heterocycles. The largest absolute Gasteiger partial charge is 0.148 e. The first-order valence-corrected chi connectivity index (χ1v) is 8.13. The molecule has 90 valence electrons. The van der Waals surface area contributed by atoms with Crippen molar-refractivity contribution in [1.29, 1.82) is 0 Å². The summed E-state index contributed by atoms with van der Waals surface area (Å²) in [4.78, 5) is 0. The predicted octanol–water partition coefficient (Wildman–Crippen LogP) is 5.33. The molecule has 0 fully saturated rings. The Balaban J connectivity index is 2.02. The molecule has 0 N–H and O–H groups in total. The van der Waals surface area contributed by atoms with E-state index in [1.807, 2.05) is 11.8 Å². The first kappa shape index (κ1) is 13.4. The van der Waals surface area contributed by atoms with Crippen LogP contribution in [0.2, 0.25) is 0 Å². The molecule has 0 nitrogen and oxygen atoms in total. The smallest absolute Gasteiger partial charge is 0.0565 e. The van der Waals surface area contributed by atoms with Gasteiger partial charge < -0.3 is 0 Å². The topological polar surface area (TPSA) is 0 Å². The molecule has 1 aromatic rings. The molecule has 2 atom stereocenters. The third-order valence-electron chi connectivity index (χ3n) is 2.75. The van der Waals surface area contributed by atoms with Gasteiger partial charge in [0.15, 0.2) is 0 Å². The van der Waals surface area contributed by atoms with Gasteiger partial charge in [0.2, 0.25) is 0 Å². The van der Waals surface area contributed by atoms with Crippen molar-refractivity contribution < 1.29 is 0 Å². The Morgan fingerprint density at radius 2 is 2.06 bits per heavy atom. The average molecular weight is 374 g/mol. The van der Waals surface area contributed by atoms with E-state index in [9.17, 15) is 0 Å². The Hall–Kier alpha value is 0.01000. The summed E-state index contributed by atoms with van der Waals surface area (Å²) in [6, 6.07) is 8.41. The van der Waals surface area contributed by atoms with E-state index in [0.717, 1.165) is 5.75 Å². The SMILES string of the molecule is CC1(Br)C=CC=CC1SCc1ccccc1Br. The van der Waals surface area contributed by atoms with Crippen molar-refractivity contribution >= 4 is 43.6 Å². The second kappa shape index (κ2) is 5.77. The van der Waals surface area contributed by atoms with Gasteiger partial charge in [0.1, 0.15) is 0 Å². The van der Waals surface area contributed by atoms with Crippen LogP contribution in [0.25, 0.3) is 0 Å². The van der Waals surface area contributed by atoms with E-state index in [2.05, 4.69) is 87.4 Å². The first-order chi connectivity index (χ1) is 8.09. The maximum absolute atomic E-state index is 3.78. The maximum atomic E-state index is 3.78. The molecule has 2 unspecified atom stereocenters. The third-order valence-corrected chi connectivity index (χ3v) is 6.07. The van der Waals surface area contributed by atoms with Gasteiger partial charge in [-0.1, -0.05) is 74.4 Å². The number of halogens is 2. The van der Waals surface area contributed by atoms with Gasteiger partial charge >= 0.3 is 0 Å². The van der Waals surface area contributed by atoms with Crippen molar-refractivity contribution in [3.63, 3.8) is 0 Å². The van der Waals surface area contributed by atoms with E-state index in [1.54, 1.807) is 0 Å². The average Bonchev–Trinajstić information content (AvgIpc) is 2.29. The lowest BCUT2D eigenvalue weighted by Gasteiger charge is -2.29. The number of thioether (sulfide) groups is 1. The summed E-state index contributed by atoms with van der Waals surface area (Å²) >= 11 is 9.33. The fourth-order valence-electron chi connectivity index (χ4n) is 1.71. The molecule has 0 bridgehead atoms. The third kappa shape index (κ3) is 3.49. The fourth-order valence-corrected chi connectivity index (χ4v) is 4.23. The molecular formula is C14H14Br2S. The van der Waals surface area contributed by atoms with Gasteiger partial charge in [-0.2, -0.15) is 0 Å². The summed E-state index contributed by atoms with van der Waals surface area (Å²) in [5.41, 5.74) is 1.35. The molecule has 3 heteroatoms. The normalized spacial score (nSPS) is 27.4. The van der Waals surface area contributed by atoms with Gasteiger partial charge in [-0.15, -0.1) is 11.8 Å². The zero-order valence-corrected chi connectivity index (χ0v) is 13.6. The number of hydrogen-bond donors (Lipinski definition) is 0. The fraction of sp³-hybridized carbons (Fsp3) is 0.286. The molecule has 1 aliphatic rings. The lowest BCUT2D eigenvalue weighted by molar-refractivity contribution is 0.831. The van der Waals surface area contributed by atoms with Crippen LogP contribution >= 0.6 is 43.6 Å². The van der Waals surface area contributed by atoms with E-state index in [0.29, 0.717) is 5.25 Å². The molecule has 0 saturated carbocycles. The van der Waals surface area contributed by atoms with Crippen LogP contribution in [0, 0.1) is 0 Å². The molecule has 17 heavy (non-hydrogen) atoms. The van der Waals surface area contributed by atoms with Crippen molar-refractivity contribution in [2.75, 3.05) is 0 Å². The minimum absolute atomic E-state index is 0.0632. The Bertz CT molecular complexity index is 449. The van der Waals surface area contributed by atoms with Crippen molar-refractivity contribution in [2.45, 2.75) is 22.3 Å². The molecule has 0 aromatic heterocycles. The van der Waals surface area contributed by atoms with Crippen molar-refractivity contribution in [1.82, 2.24) is 0 Å². The minimum atomic E-state index is 0.0632. The van der Waals surface area contributed by atoms with Crippen LogP contribution in [0.4, 0.5) is 0 Å². The van der Waals surface area contributed by atoms with E-state index in [1.165, 1.54) is 10.0 Å². The van der Waals surface area contributed by atoms with Crippen LogP contribution in [-0.4, -0.2) is 9.57 Å². The molecule has 0 heterocycles. The highest BCUT2D eigenvalue weighted by molar-refractivity contribution is 9.10. The zero-order valence-electron chi connectivity index (χ0n) is 9.57. The molecule has 1 aromatic carbocycles. The highest BCUT2D eigenvalue weighted by atomic mass is 79.9. The number of benzene rings is 1. The van der Waals surface area contributed by atoms with E-state index in [4.69, 9.17) is 0 Å². The monoisotopic (exact) mass is 372 g/mol. The van der Waals surface area contributed by atoms with Gasteiger partial charge in [-0.3, -0.25) is 0 Å². The lowest BCUT2D eigenvalue weighted by Crippen LogP contribution is -2.28. The van der Waals surface area contributed by atoms with Crippen LogP contribution < -0.4 is 0 Å². The van der Waals surface area contributed by atoms with Crippen molar-refractivity contribution in [3.05, 3.63) is 58.6 Å². The quantitative estimate of drug-likeness (QED) is 0.645. The Labute approximate surface area is 124 Å². The number of alkyl halides is 1. The zero-order chi connectivity index (χ0) is 12.3. The molecule has 0 spiro atoms. The Morgan fingerprint density at radius 1 is 1.29 bits per heavy atom. The minimum Gasteiger partial charge on any atom is -0.148 e. The van der Waals surface area contributed by atoms with Crippen molar-refractivity contribution in [2.24, 2.45) is 0 Å². The van der Waals surface area contributed by atoms with Gasteiger partial charge in [0.05, 0.1) is 4.32 Å². The van der Waals surface area contributed by atoms with Gasteiger partial charge in [0, 0.05) is 15.5 Å². The summed E-state index contributed by atoms with van der Waals surface area (Å²) in [7, 11) is 0. The summed E-state index contributed by atoms with van der Waals surface area (Å²) in [6.07, 6.45) is 8.70. The van der Waals surface area contributed by atoms with Crippen LogP contribution in [0.3, 0.4) is 0 Å². The Morgan fingerprint density at radius 3 is 2.76 bits per heavy atom. The second-order valence-electron chi connectivity index (χ2n) is 4.22. The maximum Gasteiger partial charge on any atom is 0.0565 e. The molecule has 0 amide bonds. The molecule has 0 radical (unpaired) electrons. The van der Waals surface area contributed by atoms with Crippen LogP contribution in [0.5, 0.6) is 0 Å². The first-order valence-electron chi connectivity index (χ1n) is 5.49. The molecule has 2 rings (SSSR count). The predicted molar refractivity (Wildman–Crippen MR) is 84.8 cm³/mol. The summed E-state index contributed by atoms with van der Waals surface area (Å²) < 4.78 is 1.26. The summed E-state index contributed by atoms with van der Waals surface area (Å²) in [5, 5.41) is 0.472. The van der Waals surface area contributed by atoms with E-state index >= 15 is 0 Å². The van der Waals surface area contributed by atoms with Crippen molar-refractivity contribution in [3.8, 4) is 0 Å². The highest BCUT2D eigenvalue weighted by Gasteiger charge is 2.28. The number of allylic oxidation sites excluding steroid dienone is 3. The Kier molecular flexibility index (Phi) is 4.56. The van der Waals surface area contributed by atoms with E-state index < -0.39 is 0 Å². The van der Waals surface area contributed by atoms with E-state index in [-0.39, 0.29) is 4.32 Å². The second-order valence-corrected chi connectivity index (χ2v) is 7.91.